The lowest BCUT2D eigenvalue weighted by molar-refractivity contribution is 0.411. The molecule has 2 aromatic carbocycles. The normalized spacial score (nSPS) is 13.2. The van der Waals surface area contributed by atoms with Gasteiger partial charge >= 0.3 is 0 Å². The fraction of sp³-hybridized carbons (Fsp3) is 0.200. The molecule has 1 atom stereocenters. The van der Waals surface area contributed by atoms with Crippen LogP contribution in [0.3, 0.4) is 0 Å². The van der Waals surface area contributed by atoms with E-state index in [-0.39, 0.29) is 15.6 Å². The Bertz CT molecular complexity index is 1220. The molecule has 0 amide bonds. The summed E-state index contributed by atoms with van der Waals surface area (Å²) in [6, 6.07) is 11.6. The fourth-order valence-electron chi connectivity index (χ4n) is 2.91. The van der Waals surface area contributed by atoms with Gasteiger partial charge in [-0.2, -0.15) is 0 Å². The maximum atomic E-state index is 13.2. The van der Waals surface area contributed by atoms with Crippen LogP contribution in [-0.2, 0) is 19.9 Å². The minimum Gasteiger partial charge on any atom is -0.496 e. The molecule has 1 N–H and O–H groups in total. The Morgan fingerprint density at radius 3 is 2.27 bits per heavy atom. The molecular formula is C20H20FNO6S2. The van der Waals surface area contributed by atoms with Crippen molar-refractivity contribution in [3.63, 3.8) is 0 Å². The lowest BCUT2D eigenvalue weighted by Gasteiger charge is -2.17. The van der Waals surface area contributed by atoms with E-state index in [9.17, 15) is 21.2 Å². The van der Waals surface area contributed by atoms with Gasteiger partial charge in [0.2, 0.25) is 10.0 Å². The maximum absolute atomic E-state index is 13.2. The van der Waals surface area contributed by atoms with Gasteiger partial charge in [0.1, 0.15) is 22.6 Å². The largest absolute Gasteiger partial charge is 0.496 e. The Hall–Kier alpha value is -2.69. The number of ether oxygens (including phenoxy) is 1. The highest BCUT2D eigenvalue weighted by Gasteiger charge is 2.33. The van der Waals surface area contributed by atoms with E-state index in [1.165, 1.54) is 43.7 Å². The van der Waals surface area contributed by atoms with Crippen molar-refractivity contribution in [3.8, 4) is 5.75 Å². The van der Waals surface area contributed by atoms with E-state index < -0.39 is 37.5 Å². The van der Waals surface area contributed by atoms with E-state index in [1.807, 2.05) is 0 Å². The number of furan rings is 1. The van der Waals surface area contributed by atoms with Crippen molar-refractivity contribution < 1.29 is 30.4 Å². The van der Waals surface area contributed by atoms with Gasteiger partial charge < -0.3 is 9.15 Å². The molecule has 0 radical (unpaired) electrons. The Kier molecular flexibility index (Phi) is 6.30. The molecule has 7 nitrogen and oxygen atoms in total. The van der Waals surface area contributed by atoms with Crippen LogP contribution in [0.1, 0.15) is 16.6 Å². The third-order valence-corrected chi connectivity index (χ3v) is 8.01. The zero-order valence-electron chi connectivity index (χ0n) is 16.2. The smallest absolute Gasteiger partial charge is 0.240 e. The first-order valence-electron chi connectivity index (χ1n) is 8.82. The van der Waals surface area contributed by atoms with Crippen LogP contribution < -0.4 is 9.46 Å². The zero-order valence-corrected chi connectivity index (χ0v) is 17.8. The van der Waals surface area contributed by atoms with Crippen molar-refractivity contribution >= 4 is 19.9 Å². The molecule has 0 unspecified atom stereocenters. The molecule has 1 heterocycles. The molecule has 3 rings (SSSR count). The van der Waals surface area contributed by atoms with Gasteiger partial charge in [-0.15, -0.1) is 0 Å². The highest BCUT2D eigenvalue weighted by molar-refractivity contribution is 7.92. The maximum Gasteiger partial charge on any atom is 0.240 e. The standard InChI is InChI=1S/C20H20FNO6S2/c1-14-12-17(9-10-18(14)27-2)30(25,26)22-13-20(19-4-3-11-28-19)29(23,24)16-7-5-15(21)6-8-16/h3-12,20,22H,13H2,1-2H3/t20-/m1/s1. The first-order valence-corrected chi connectivity index (χ1v) is 11.9. The van der Waals surface area contributed by atoms with Gasteiger partial charge in [0.25, 0.3) is 0 Å². The minimum absolute atomic E-state index is 0.0295. The third-order valence-electron chi connectivity index (χ3n) is 4.51. The molecule has 0 aliphatic carbocycles. The minimum atomic E-state index is -4.07. The summed E-state index contributed by atoms with van der Waals surface area (Å²) in [7, 11) is -6.61. The summed E-state index contributed by atoms with van der Waals surface area (Å²) in [6.45, 7) is 1.23. The number of benzene rings is 2. The summed E-state index contributed by atoms with van der Waals surface area (Å²) >= 11 is 0. The van der Waals surface area contributed by atoms with Gasteiger partial charge in [0, 0.05) is 6.54 Å². The molecule has 0 fully saturated rings. The van der Waals surface area contributed by atoms with Crippen molar-refractivity contribution in [2.45, 2.75) is 22.0 Å². The van der Waals surface area contributed by atoms with E-state index in [1.54, 1.807) is 6.92 Å². The van der Waals surface area contributed by atoms with Gasteiger partial charge in [-0.25, -0.2) is 25.9 Å². The van der Waals surface area contributed by atoms with Gasteiger partial charge in [-0.1, -0.05) is 0 Å². The number of sulfonamides is 1. The number of nitrogens with one attached hydrogen (secondary N) is 1. The highest BCUT2D eigenvalue weighted by Crippen LogP contribution is 2.30. The lowest BCUT2D eigenvalue weighted by Crippen LogP contribution is -2.32. The Morgan fingerprint density at radius 2 is 1.70 bits per heavy atom. The predicted octanol–water partition coefficient (Wildman–Crippen LogP) is 3.23. The number of aryl methyl sites for hydroxylation is 1. The molecule has 1 aromatic heterocycles. The summed E-state index contributed by atoms with van der Waals surface area (Å²) in [5, 5.41) is -1.34. The molecule has 30 heavy (non-hydrogen) atoms. The summed E-state index contributed by atoms with van der Waals surface area (Å²) in [5.41, 5.74) is 0.613. The van der Waals surface area contributed by atoms with Crippen LogP contribution in [0.2, 0.25) is 0 Å². The Labute approximate surface area is 174 Å². The molecular weight excluding hydrogens is 433 g/mol. The Morgan fingerprint density at radius 1 is 1.03 bits per heavy atom. The van der Waals surface area contributed by atoms with E-state index in [0.29, 0.717) is 11.3 Å². The van der Waals surface area contributed by atoms with Gasteiger partial charge in [0.05, 0.1) is 23.2 Å². The van der Waals surface area contributed by atoms with E-state index in [4.69, 9.17) is 9.15 Å². The Balaban J connectivity index is 1.91. The zero-order chi connectivity index (χ0) is 21.9. The van der Waals surface area contributed by atoms with Gasteiger partial charge in [-0.3, -0.25) is 0 Å². The highest BCUT2D eigenvalue weighted by atomic mass is 32.2. The summed E-state index contributed by atoms with van der Waals surface area (Å²) in [4.78, 5) is -0.178. The first kappa shape index (κ1) is 22.0. The van der Waals surface area contributed by atoms with Crippen LogP contribution in [0.25, 0.3) is 0 Å². The summed E-state index contributed by atoms with van der Waals surface area (Å²) in [5.74, 6) is 0.00770. The third kappa shape index (κ3) is 4.55. The number of hydrogen-bond donors (Lipinski definition) is 1. The molecule has 0 aliphatic heterocycles. The lowest BCUT2D eigenvalue weighted by atomic mass is 10.2. The van der Waals surface area contributed by atoms with Gasteiger partial charge in [-0.05, 0) is 67.1 Å². The second-order valence-electron chi connectivity index (χ2n) is 6.49. The van der Waals surface area contributed by atoms with Crippen molar-refractivity contribution in [3.05, 3.63) is 78.0 Å². The topological polar surface area (TPSA) is 103 Å². The van der Waals surface area contributed by atoms with Crippen LogP contribution in [0.4, 0.5) is 4.39 Å². The van der Waals surface area contributed by atoms with Crippen LogP contribution in [0, 0.1) is 12.7 Å². The van der Waals surface area contributed by atoms with E-state index in [2.05, 4.69) is 4.72 Å². The first-order chi connectivity index (χ1) is 14.1. The second-order valence-corrected chi connectivity index (χ2v) is 10.4. The number of methoxy groups -OCH3 is 1. The van der Waals surface area contributed by atoms with Crippen LogP contribution >= 0.6 is 0 Å². The summed E-state index contributed by atoms with van der Waals surface area (Å²) < 4.78 is 77.6. The molecule has 0 aliphatic rings. The average Bonchev–Trinajstić information content (AvgIpc) is 3.22. The number of halogens is 1. The summed E-state index contributed by atoms with van der Waals surface area (Å²) in [6.07, 6.45) is 1.30. The molecule has 0 saturated heterocycles. The van der Waals surface area contributed by atoms with Gasteiger partial charge in [0.15, 0.2) is 9.84 Å². The van der Waals surface area contributed by atoms with Crippen LogP contribution in [-0.4, -0.2) is 30.5 Å². The molecule has 0 bridgehead atoms. The molecule has 160 valence electrons. The SMILES string of the molecule is COc1ccc(S(=O)(=O)NC[C@H](c2ccco2)S(=O)(=O)c2ccc(F)cc2)cc1C. The van der Waals surface area contributed by atoms with E-state index in [0.717, 1.165) is 24.3 Å². The van der Waals surface area contributed by atoms with Crippen molar-refractivity contribution in [2.75, 3.05) is 13.7 Å². The van der Waals surface area contributed by atoms with E-state index >= 15 is 0 Å². The monoisotopic (exact) mass is 453 g/mol. The predicted molar refractivity (Wildman–Crippen MR) is 108 cm³/mol. The second kappa shape index (κ2) is 8.58. The van der Waals surface area contributed by atoms with Crippen molar-refractivity contribution in [2.24, 2.45) is 0 Å². The molecule has 10 heteroatoms. The molecule has 0 spiro atoms. The molecule has 0 saturated carbocycles. The average molecular weight is 454 g/mol. The van der Waals surface area contributed by atoms with Crippen molar-refractivity contribution in [1.82, 2.24) is 4.72 Å². The fourth-order valence-corrected chi connectivity index (χ4v) is 5.74. The van der Waals surface area contributed by atoms with Crippen molar-refractivity contribution in [1.29, 1.82) is 0 Å². The number of rotatable bonds is 8. The number of sulfone groups is 1. The number of hydrogen-bond acceptors (Lipinski definition) is 6. The quantitative estimate of drug-likeness (QED) is 0.526. The van der Waals surface area contributed by atoms with Crippen LogP contribution in [0.5, 0.6) is 5.75 Å². The molecule has 3 aromatic rings. The van der Waals surface area contributed by atoms with Crippen LogP contribution in [0.15, 0.2) is 75.1 Å².